The van der Waals surface area contributed by atoms with Gasteiger partial charge < -0.3 is 10.2 Å². The van der Waals surface area contributed by atoms with E-state index in [1.165, 1.54) is 5.69 Å². The van der Waals surface area contributed by atoms with Crippen molar-refractivity contribution in [2.75, 3.05) is 24.5 Å². The van der Waals surface area contributed by atoms with Gasteiger partial charge in [-0.2, -0.15) is 0 Å². The summed E-state index contributed by atoms with van der Waals surface area (Å²) in [6.07, 6.45) is 7.47. The molecule has 1 amide bonds. The summed E-state index contributed by atoms with van der Waals surface area (Å²) >= 11 is 0. The molecule has 0 bridgehead atoms. The average Bonchev–Trinajstić information content (AvgIpc) is 2.61. The van der Waals surface area contributed by atoms with Crippen molar-refractivity contribution in [1.82, 2.24) is 15.3 Å². The standard InChI is InChI=1S/C17H20N4O/c22-17(16-3-1-2-8-19-16)20-13-14-6-11-21(12-7-14)15-4-9-18-10-5-15/h1-5,8-10,14H,6-7,11-13H2,(H,20,22). The van der Waals surface area contributed by atoms with E-state index in [0.29, 0.717) is 11.6 Å². The van der Waals surface area contributed by atoms with Crippen molar-refractivity contribution in [2.45, 2.75) is 12.8 Å². The van der Waals surface area contributed by atoms with Crippen molar-refractivity contribution in [3.63, 3.8) is 0 Å². The molecular formula is C17H20N4O. The molecule has 0 unspecified atom stereocenters. The maximum Gasteiger partial charge on any atom is 0.269 e. The maximum absolute atomic E-state index is 12.0. The number of piperidine rings is 1. The summed E-state index contributed by atoms with van der Waals surface area (Å²) < 4.78 is 0. The Morgan fingerprint density at radius 3 is 2.59 bits per heavy atom. The van der Waals surface area contributed by atoms with E-state index in [1.54, 1.807) is 12.3 Å². The minimum absolute atomic E-state index is 0.0860. The molecule has 3 rings (SSSR count). The van der Waals surface area contributed by atoms with Crippen LogP contribution in [-0.2, 0) is 0 Å². The van der Waals surface area contributed by atoms with Crippen LogP contribution in [0.1, 0.15) is 23.3 Å². The molecule has 0 spiro atoms. The zero-order valence-electron chi connectivity index (χ0n) is 12.5. The van der Waals surface area contributed by atoms with Gasteiger partial charge in [-0.1, -0.05) is 6.07 Å². The highest BCUT2D eigenvalue weighted by Gasteiger charge is 2.20. The Kier molecular flexibility index (Phi) is 4.63. The lowest BCUT2D eigenvalue weighted by Gasteiger charge is -2.33. The van der Waals surface area contributed by atoms with Crippen molar-refractivity contribution in [2.24, 2.45) is 5.92 Å². The van der Waals surface area contributed by atoms with E-state index in [0.717, 1.165) is 32.5 Å². The molecule has 1 saturated heterocycles. The SMILES string of the molecule is O=C(NCC1CCN(c2ccncc2)CC1)c1ccccn1. The van der Waals surface area contributed by atoms with E-state index in [1.807, 2.05) is 36.7 Å². The van der Waals surface area contributed by atoms with Gasteiger partial charge in [-0.15, -0.1) is 0 Å². The van der Waals surface area contributed by atoms with E-state index < -0.39 is 0 Å². The van der Waals surface area contributed by atoms with Crippen LogP contribution in [0.3, 0.4) is 0 Å². The van der Waals surface area contributed by atoms with E-state index in [9.17, 15) is 4.79 Å². The van der Waals surface area contributed by atoms with E-state index in [-0.39, 0.29) is 5.91 Å². The largest absolute Gasteiger partial charge is 0.371 e. The summed E-state index contributed by atoms with van der Waals surface area (Å²) in [5, 5.41) is 2.99. The number of carbonyl (C=O) groups is 1. The van der Waals surface area contributed by atoms with Crippen LogP contribution in [0.2, 0.25) is 0 Å². The number of carbonyl (C=O) groups excluding carboxylic acids is 1. The lowest BCUT2D eigenvalue weighted by Crippen LogP contribution is -2.38. The van der Waals surface area contributed by atoms with Crippen LogP contribution in [0, 0.1) is 5.92 Å². The Morgan fingerprint density at radius 1 is 1.14 bits per heavy atom. The van der Waals surface area contributed by atoms with Crippen LogP contribution in [0.5, 0.6) is 0 Å². The number of nitrogens with zero attached hydrogens (tertiary/aromatic N) is 3. The minimum atomic E-state index is -0.0860. The van der Waals surface area contributed by atoms with Crippen molar-refractivity contribution in [1.29, 1.82) is 0 Å². The van der Waals surface area contributed by atoms with E-state index >= 15 is 0 Å². The highest BCUT2D eigenvalue weighted by molar-refractivity contribution is 5.92. The molecule has 2 aromatic heterocycles. The topological polar surface area (TPSA) is 58.1 Å². The minimum Gasteiger partial charge on any atom is -0.371 e. The number of pyridine rings is 2. The Balaban J connectivity index is 1.45. The molecule has 1 aliphatic rings. The zero-order valence-corrected chi connectivity index (χ0v) is 12.5. The van der Waals surface area contributed by atoms with Gasteiger partial charge in [0.05, 0.1) is 0 Å². The molecule has 3 heterocycles. The number of rotatable bonds is 4. The number of hydrogen-bond donors (Lipinski definition) is 1. The Labute approximate surface area is 130 Å². The van der Waals surface area contributed by atoms with Gasteiger partial charge in [0, 0.05) is 43.9 Å². The van der Waals surface area contributed by atoms with Crippen LogP contribution in [0.4, 0.5) is 5.69 Å². The summed E-state index contributed by atoms with van der Waals surface area (Å²) in [5.41, 5.74) is 1.71. The predicted molar refractivity (Wildman–Crippen MR) is 85.7 cm³/mol. The second-order valence-electron chi connectivity index (χ2n) is 5.56. The normalized spacial score (nSPS) is 15.5. The Hall–Kier alpha value is -2.43. The van der Waals surface area contributed by atoms with Crippen molar-refractivity contribution < 1.29 is 4.79 Å². The molecule has 1 aliphatic heterocycles. The quantitative estimate of drug-likeness (QED) is 0.939. The summed E-state index contributed by atoms with van der Waals surface area (Å²) in [7, 11) is 0. The fraction of sp³-hybridized carbons (Fsp3) is 0.353. The van der Waals surface area contributed by atoms with Crippen molar-refractivity contribution in [3.8, 4) is 0 Å². The van der Waals surface area contributed by atoms with Gasteiger partial charge in [-0.3, -0.25) is 14.8 Å². The molecule has 0 aliphatic carbocycles. The number of aromatic nitrogens is 2. The van der Waals surface area contributed by atoms with Crippen molar-refractivity contribution in [3.05, 3.63) is 54.6 Å². The van der Waals surface area contributed by atoms with Crippen molar-refractivity contribution >= 4 is 11.6 Å². The molecule has 1 fully saturated rings. The third kappa shape index (κ3) is 3.61. The number of nitrogens with one attached hydrogen (secondary N) is 1. The fourth-order valence-corrected chi connectivity index (χ4v) is 2.77. The molecule has 2 aromatic rings. The van der Waals surface area contributed by atoms with Gasteiger partial charge in [0.25, 0.3) is 5.91 Å². The first kappa shape index (κ1) is 14.5. The summed E-state index contributed by atoms with van der Waals surface area (Å²) in [6, 6.07) is 9.47. The number of anilines is 1. The smallest absolute Gasteiger partial charge is 0.269 e. The van der Waals surface area contributed by atoms with Gasteiger partial charge in [-0.05, 0) is 43.0 Å². The first-order valence-electron chi connectivity index (χ1n) is 7.67. The van der Waals surface area contributed by atoms with Gasteiger partial charge in [-0.25, -0.2) is 0 Å². The first-order chi connectivity index (χ1) is 10.8. The molecule has 5 heteroatoms. The van der Waals surface area contributed by atoms with Gasteiger partial charge in [0.15, 0.2) is 0 Å². The highest BCUT2D eigenvalue weighted by atomic mass is 16.1. The molecule has 5 nitrogen and oxygen atoms in total. The molecule has 114 valence electrons. The van der Waals surface area contributed by atoms with Crippen LogP contribution < -0.4 is 10.2 Å². The molecule has 0 aromatic carbocycles. The summed E-state index contributed by atoms with van der Waals surface area (Å²) in [6.45, 7) is 2.77. The second-order valence-corrected chi connectivity index (χ2v) is 5.56. The Bertz CT molecular complexity index is 595. The van der Waals surface area contributed by atoms with Gasteiger partial charge in [0.2, 0.25) is 0 Å². The zero-order chi connectivity index (χ0) is 15.2. The third-order valence-corrected chi connectivity index (χ3v) is 4.09. The molecule has 0 radical (unpaired) electrons. The van der Waals surface area contributed by atoms with Crippen LogP contribution >= 0.6 is 0 Å². The highest BCUT2D eigenvalue weighted by Crippen LogP contribution is 2.22. The monoisotopic (exact) mass is 296 g/mol. The molecule has 0 atom stereocenters. The fourth-order valence-electron chi connectivity index (χ4n) is 2.77. The number of amides is 1. The predicted octanol–water partition coefficient (Wildman–Crippen LogP) is 2.12. The maximum atomic E-state index is 12.0. The lowest BCUT2D eigenvalue weighted by molar-refractivity contribution is 0.0940. The Morgan fingerprint density at radius 2 is 1.91 bits per heavy atom. The third-order valence-electron chi connectivity index (χ3n) is 4.09. The van der Waals surface area contributed by atoms with E-state index in [4.69, 9.17) is 0 Å². The first-order valence-corrected chi connectivity index (χ1v) is 7.67. The van der Waals surface area contributed by atoms with Gasteiger partial charge in [0.1, 0.15) is 5.69 Å². The van der Waals surface area contributed by atoms with Crippen LogP contribution in [0.15, 0.2) is 48.9 Å². The number of hydrogen-bond acceptors (Lipinski definition) is 4. The van der Waals surface area contributed by atoms with Crippen LogP contribution in [-0.4, -0.2) is 35.5 Å². The lowest BCUT2D eigenvalue weighted by atomic mass is 9.96. The van der Waals surface area contributed by atoms with E-state index in [2.05, 4.69) is 20.2 Å². The second kappa shape index (κ2) is 7.02. The van der Waals surface area contributed by atoms with Crippen LogP contribution in [0.25, 0.3) is 0 Å². The molecular weight excluding hydrogens is 276 g/mol. The molecule has 1 N–H and O–H groups in total. The molecule has 0 saturated carbocycles. The van der Waals surface area contributed by atoms with Gasteiger partial charge >= 0.3 is 0 Å². The molecule has 22 heavy (non-hydrogen) atoms. The summed E-state index contributed by atoms with van der Waals surface area (Å²) in [4.78, 5) is 22.5. The average molecular weight is 296 g/mol. The summed E-state index contributed by atoms with van der Waals surface area (Å²) in [5.74, 6) is 0.447.